The maximum atomic E-state index is 13.0. The third-order valence-corrected chi connectivity index (χ3v) is 6.75. The zero-order valence-electron chi connectivity index (χ0n) is 22.8. The van der Waals surface area contributed by atoms with Crippen LogP contribution in [0.3, 0.4) is 0 Å². The van der Waals surface area contributed by atoms with Crippen LogP contribution in [0, 0.1) is 0 Å². The molecule has 3 aromatic heterocycles. The van der Waals surface area contributed by atoms with Crippen LogP contribution in [0.2, 0.25) is 0 Å². The van der Waals surface area contributed by atoms with Gasteiger partial charge in [-0.1, -0.05) is 17.3 Å². The van der Waals surface area contributed by atoms with Crippen molar-refractivity contribution in [2.24, 2.45) is 22.2 Å². The number of aryl methyl sites for hydroxylation is 1. The van der Waals surface area contributed by atoms with E-state index in [-0.39, 0.29) is 11.6 Å². The summed E-state index contributed by atoms with van der Waals surface area (Å²) in [6.07, 6.45) is 9.00. The first kappa shape index (κ1) is 27.7. The first-order chi connectivity index (χ1) is 20.0. The normalized spacial score (nSPS) is 11.2. The van der Waals surface area contributed by atoms with Crippen molar-refractivity contribution in [1.29, 1.82) is 0 Å². The van der Waals surface area contributed by atoms with Crippen molar-refractivity contribution in [3.8, 4) is 22.6 Å². The van der Waals surface area contributed by atoms with Crippen molar-refractivity contribution in [2.45, 2.75) is 32.2 Å². The molecule has 0 atom stereocenters. The first-order valence-electron chi connectivity index (χ1n) is 13.7. The number of nitrogens with one attached hydrogen (secondary N) is 2. The van der Waals surface area contributed by atoms with Gasteiger partial charge < -0.3 is 27.5 Å². The smallest absolute Gasteiger partial charge is 0.354 e. The summed E-state index contributed by atoms with van der Waals surface area (Å²) in [7, 11) is 0. The Hall–Kier alpha value is -4.81. The highest BCUT2D eigenvalue weighted by Crippen LogP contribution is 2.27. The number of benzene rings is 2. The van der Waals surface area contributed by atoms with E-state index >= 15 is 0 Å². The molecule has 5 aromatic rings. The standard InChI is InChI=1S/C29H35N11O/c30-9-2-1-4-21-14-22(16-25(15-21)40-13-12-35-38-40)26-17-23-19-39(29(41)37-27(23)36-26)24-7-5-20(6-8-24)18-33-10-3-11-34-28(31)32/h5-8,12-17,19,33H,1-4,9-11,18,30H2,(H4,31,32,34)(H,36,37,41). The van der Waals surface area contributed by atoms with Crippen molar-refractivity contribution in [1.82, 2.24) is 34.8 Å². The zero-order chi connectivity index (χ0) is 28.6. The van der Waals surface area contributed by atoms with Crippen LogP contribution in [0.15, 0.2) is 76.9 Å². The van der Waals surface area contributed by atoms with Crippen LogP contribution < -0.4 is 28.2 Å². The molecule has 0 bridgehead atoms. The fourth-order valence-corrected chi connectivity index (χ4v) is 4.68. The number of guanidine groups is 1. The van der Waals surface area contributed by atoms with Crippen molar-refractivity contribution in [2.75, 3.05) is 19.6 Å². The minimum Gasteiger partial charge on any atom is -0.370 e. The van der Waals surface area contributed by atoms with E-state index in [4.69, 9.17) is 17.2 Å². The van der Waals surface area contributed by atoms with Crippen LogP contribution in [0.25, 0.3) is 33.7 Å². The van der Waals surface area contributed by atoms with Crippen LogP contribution in [-0.2, 0) is 13.0 Å². The molecule has 0 aliphatic heterocycles. The Kier molecular flexibility index (Phi) is 8.82. The molecule has 0 saturated carbocycles. The van der Waals surface area contributed by atoms with Crippen LogP contribution in [0.4, 0.5) is 0 Å². The van der Waals surface area contributed by atoms with Crippen molar-refractivity contribution in [3.63, 3.8) is 0 Å². The third kappa shape index (κ3) is 7.04. The Balaban J connectivity index is 1.36. The highest BCUT2D eigenvalue weighted by atomic mass is 16.1. The number of hydrogen-bond acceptors (Lipinski definition) is 7. The summed E-state index contributed by atoms with van der Waals surface area (Å²) in [5.41, 5.74) is 22.4. The van der Waals surface area contributed by atoms with Gasteiger partial charge in [0.2, 0.25) is 0 Å². The number of H-pyrrole nitrogens is 1. The third-order valence-electron chi connectivity index (χ3n) is 6.75. The predicted octanol–water partition coefficient (Wildman–Crippen LogP) is 2.00. The van der Waals surface area contributed by atoms with Crippen LogP contribution >= 0.6 is 0 Å². The number of nitrogens with two attached hydrogens (primary N) is 3. The van der Waals surface area contributed by atoms with Gasteiger partial charge in [-0.25, -0.2) is 9.48 Å². The number of unbranched alkanes of at least 4 members (excludes halogenated alkanes) is 1. The molecular weight excluding hydrogens is 518 g/mol. The second-order valence-electron chi connectivity index (χ2n) is 9.87. The van der Waals surface area contributed by atoms with Crippen LogP contribution in [0.5, 0.6) is 0 Å². The van der Waals surface area contributed by atoms with E-state index in [0.29, 0.717) is 25.3 Å². The quantitative estimate of drug-likeness (QED) is 0.0832. The molecule has 0 fully saturated rings. The average molecular weight is 554 g/mol. The van der Waals surface area contributed by atoms with E-state index in [1.165, 1.54) is 5.56 Å². The Morgan fingerprint density at radius 1 is 1.00 bits per heavy atom. The largest absolute Gasteiger partial charge is 0.370 e. The Morgan fingerprint density at radius 2 is 1.85 bits per heavy atom. The lowest BCUT2D eigenvalue weighted by molar-refractivity contribution is 0.655. The van der Waals surface area contributed by atoms with Crippen LogP contribution in [0.1, 0.15) is 30.4 Å². The molecule has 0 spiro atoms. The summed E-state index contributed by atoms with van der Waals surface area (Å²) < 4.78 is 3.31. The van der Waals surface area contributed by atoms with E-state index in [1.807, 2.05) is 48.8 Å². The second kappa shape index (κ2) is 13.0. The minimum absolute atomic E-state index is 0.111. The topological polar surface area (TPSA) is 184 Å². The maximum absolute atomic E-state index is 13.0. The lowest BCUT2D eigenvalue weighted by Crippen LogP contribution is -2.23. The maximum Gasteiger partial charge on any atom is 0.354 e. The number of aliphatic imine (C=N–C) groups is 1. The highest BCUT2D eigenvalue weighted by molar-refractivity contribution is 5.83. The number of hydrogen-bond donors (Lipinski definition) is 5. The second-order valence-corrected chi connectivity index (χ2v) is 9.87. The average Bonchev–Trinajstić information content (AvgIpc) is 3.65. The molecule has 5 rings (SSSR count). The van der Waals surface area contributed by atoms with E-state index in [2.05, 4.69) is 42.7 Å². The van der Waals surface area contributed by atoms with E-state index in [0.717, 1.165) is 65.8 Å². The monoisotopic (exact) mass is 553 g/mol. The molecule has 2 aromatic carbocycles. The van der Waals surface area contributed by atoms with E-state index < -0.39 is 0 Å². The summed E-state index contributed by atoms with van der Waals surface area (Å²) in [6.45, 7) is 2.77. The zero-order valence-corrected chi connectivity index (χ0v) is 22.8. The van der Waals surface area contributed by atoms with Crippen molar-refractivity contribution >= 4 is 17.0 Å². The van der Waals surface area contributed by atoms with E-state index in [9.17, 15) is 4.79 Å². The van der Waals surface area contributed by atoms with Gasteiger partial charge in [-0.2, -0.15) is 4.98 Å². The summed E-state index contributed by atoms with van der Waals surface area (Å²) in [5, 5.41) is 12.3. The van der Waals surface area contributed by atoms with E-state index in [1.54, 1.807) is 15.4 Å². The van der Waals surface area contributed by atoms with Gasteiger partial charge >= 0.3 is 5.69 Å². The molecule has 0 radical (unpaired) electrons. The van der Waals surface area contributed by atoms with Crippen LogP contribution in [-0.4, -0.2) is 55.1 Å². The van der Waals surface area contributed by atoms with Crippen molar-refractivity contribution < 1.29 is 0 Å². The fourth-order valence-electron chi connectivity index (χ4n) is 4.68. The van der Waals surface area contributed by atoms with Gasteiger partial charge in [-0.15, -0.1) is 5.10 Å². The number of aromatic amines is 1. The Bertz CT molecular complexity index is 1660. The molecule has 0 aliphatic rings. The molecule has 3 heterocycles. The van der Waals surface area contributed by atoms with Gasteiger partial charge in [0.15, 0.2) is 5.96 Å². The predicted molar refractivity (Wildman–Crippen MR) is 161 cm³/mol. The summed E-state index contributed by atoms with van der Waals surface area (Å²) in [6, 6.07) is 16.2. The lowest BCUT2D eigenvalue weighted by atomic mass is 10.0. The Morgan fingerprint density at radius 3 is 2.61 bits per heavy atom. The first-order valence-corrected chi connectivity index (χ1v) is 13.7. The van der Waals surface area contributed by atoms with Crippen molar-refractivity contribution in [3.05, 3.63) is 88.7 Å². The molecule has 0 amide bonds. The molecule has 12 heteroatoms. The summed E-state index contributed by atoms with van der Waals surface area (Å²) in [4.78, 5) is 24.6. The molecule has 41 heavy (non-hydrogen) atoms. The lowest BCUT2D eigenvalue weighted by Gasteiger charge is -2.09. The van der Waals surface area contributed by atoms with Gasteiger partial charge in [0.25, 0.3) is 0 Å². The molecule has 0 aliphatic carbocycles. The SMILES string of the molecule is NCCCCc1cc(-c2cc3cn(-c4ccc(CNCCCN=C(N)N)cc4)c(=O)nc3[nH]2)cc(-n2ccnn2)c1. The Labute approximate surface area is 237 Å². The van der Waals surface area contributed by atoms with Gasteiger partial charge in [-0.3, -0.25) is 9.56 Å². The minimum atomic E-state index is -0.352. The molecular formula is C29H35N11O. The number of fused-ring (bicyclic) bond motifs is 1. The number of aromatic nitrogens is 6. The highest BCUT2D eigenvalue weighted by Gasteiger charge is 2.12. The molecule has 8 N–H and O–H groups in total. The van der Waals surface area contributed by atoms with Gasteiger partial charge in [0, 0.05) is 35.9 Å². The van der Waals surface area contributed by atoms with Gasteiger partial charge in [0.1, 0.15) is 5.65 Å². The van der Waals surface area contributed by atoms with Gasteiger partial charge in [-0.05, 0) is 86.3 Å². The van der Waals surface area contributed by atoms with Gasteiger partial charge in [0.05, 0.1) is 23.8 Å². The molecule has 12 nitrogen and oxygen atoms in total. The summed E-state index contributed by atoms with van der Waals surface area (Å²) in [5.74, 6) is 0.111. The number of nitrogens with zero attached hydrogens (tertiary/aromatic N) is 6. The molecule has 212 valence electrons. The summed E-state index contributed by atoms with van der Waals surface area (Å²) >= 11 is 0. The fraction of sp³-hybridized carbons (Fsp3) is 0.276. The molecule has 0 saturated heterocycles. The number of rotatable bonds is 13. The molecule has 0 unspecified atom stereocenters.